The molecule has 1 fully saturated rings. The zero-order chi connectivity index (χ0) is 14.6. The van der Waals surface area contributed by atoms with Crippen molar-refractivity contribution in [2.75, 3.05) is 31.9 Å². The molecule has 1 N–H and O–H groups in total. The van der Waals surface area contributed by atoms with Crippen LogP contribution in [0.2, 0.25) is 0 Å². The summed E-state index contributed by atoms with van der Waals surface area (Å²) in [5.74, 6) is 0.180. The lowest BCUT2D eigenvalue weighted by Gasteiger charge is -2.26. The fourth-order valence-corrected chi connectivity index (χ4v) is 4.07. The van der Waals surface area contributed by atoms with Gasteiger partial charge in [-0.05, 0) is 43.8 Å². The molecule has 4 nitrogen and oxygen atoms in total. The average Bonchev–Trinajstić information content (AvgIpc) is 2.94. The molecule has 6 heteroatoms. The van der Waals surface area contributed by atoms with Gasteiger partial charge in [0.1, 0.15) is 0 Å². The van der Waals surface area contributed by atoms with Gasteiger partial charge in [-0.25, -0.2) is 8.42 Å². The number of nitrogens with one attached hydrogen (secondary N) is 1. The zero-order valence-corrected chi connectivity index (χ0v) is 14.1. The van der Waals surface area contributed by atoms with Crippen molar-refractivity contribution in [2.45, 2.75) is 24.3 Å². The van der Waals surface area contributed by atoms with Crippen LogP contribution in [-0.2, 0) is 9.84 Å². The monoisotopic (exact) mass is 360 g/mol. The predicted molar refractivity (Wildman–Crippen MR) is 84.7 cm³/mol. The van der Waals surface area contributed by atoms with E-state index in [1.165, 1.54) is 0 Å². The minimum Gasteiger partial charge on any atom is -0.315 e. The van der Waals surface area contributed by atoms with Crippen LogP contribution in [-0.4, -0.2) is 51.3 Å². The predicted octanol–water partition coefficient (Wildman–Crippen LogP) is 1.91. The van der Waals surface area contributed by atoms with E-state index in [9.17, 15) is 8.42 Å². The normalized spacial score (nSPS) is 19.6. The molecule has 0 saturated carbocycles. The molecule has 0 spiro atoms. The van der Waals surface area contributed by atoms with E-state index in [4.69, 9.17) is 0 Å². The summed E-state index contributed by atoms with van der Waals surface area (Å²) in [6.07, 6.45) is 1.10. The van der Waals surface area contributed by atoms with Crippen molar-refractivity contribution in [3.05, 3.63) is 28.7 Å². The summed E-state index contributed by atoms with van der Waals surface area (Å²) in [6, 6.07) is 7.33. The molecule has 0 aromatic heterocycles. The van der Waals surface area contributed by atoms with Crippen LogP contribution in [0, 0.1) is 0 Å². The fourth-order valence-electron chi connectivity index (χ4n) is 2.55. The summed E-state index contributed by atoms with van der Waals surface area (Å²) in [5.41, 5.74) is 0. The maximum atomic E-state index is 12.3. The van der Waals surface area contributed by atoms with Crippen molar-refractivity contribution < 1.29 is 8.42 Å². The highest BCUT2D eigenvalue weighted by atomic mass is 79.9. The second kappa shape index (κ2) is 7.02. The summed E-state index contributed by atoms with van der Waals surface area (Å²) < 4.78 is 25.5. The molecule has 1 aromatic rings. The summed E-state index contributed by atoms with van der Waals surface area (Å²) >= 11 is 3.32. The van der Waals surface area contributed by atoms with Gasteiger partial charge in [0.25, 0.3) is 0 Å². The van der Waals surface area contributed by atoms with Gasteiger partial charge in [0, 0.05) is 23.6 Å². The lowest BCUT2D eigenvalue weighted by molar-refractivity contribution is 0.232. The van der Waals surface area contributed by atoms with Gasteiger partial charge in [-0.1, -0.05) is 22.9 Å². The Balaban J connectivity index is 1.99. The first kappa shape index (κ1) is 15.9. The number of hydrogen-bond donors (Lipinski definition) is 1. The second-order valence-corrected chi connectivity index (χ2v) is 8.07. The minimum absolute atomic E-state index is 0.180. The third-order valence-electron chi connectivity index (χ3n) is 3.78. The Morgan fingerprint density at radius 2 is 2.05 bits per heavy atom. The van der Waals surface area contributed by atoms with Gasteiger partial charge in [0.15, 0.2) is 9.84 Å². The van der Waals surface area contributed by atoms with Crippen LogP contribution in [0.1, 0.15) is 13.3 Å². The van der Waals surface area contributed by atoms with E-state index in [2.05, 4.69) is 33.1 Å². The fraction of sp³-hybridized carbons (Fsp3) is 0.571. The molecular formula is C14H21BrN2O2S. The van der Waals surface area contributed by atoms with Crippen LogP contribution in [0.15, 0.2) is 33.6 Å². The van der Waals surface area contributed by atoms with Crippen molar-refractivity contribution >= 4 is 25.8 Å². The van der Waals surface area contributed by atoms with Crippen LogP contribution in [0.3, 0.4) is 0 Å². The Labute approximate surface area is 129 Å². The summed E-state index contributed by atoms with van der Waals surface area (Å²) in [5, 5.41) is 3.33. The number of benzene rings is 1. The van der Waals surface area contributed by atoms with Gasteiger partial charge in [-0.2, -0.15) is 0 Å². The van der Waals surface area contributed by atoms with E-state index in [0.717, 1.165) is 30.5 Å². The molecule has 0 radical (unpaired) electrons. The van der Waals surface area contributed by atoms with Gasteiger partial charge >= 0.3 is 0 Å². The quantitative estimate of drug-likeness (QED) is 0.841. The lowest BCUT2D eigenvalue weighted by atomic mass is 10.2. The lowest BCUT2D eigenvalue weighted by Crippen LogP contribution is -2.39. The van der Waals surface area contributed by atoms with Crippen LogP contribution in [0.25, 0.3) is 0 Å². The van der Waals surface area contributed by atoms with E-state index in [0.29, 0.717) is 17.5 Å². The standard InChI is InChI=1S/C14H21BrN2O2S/c1-2-17(13-7-8-16-11-13)9-10-20(18,19)14-5-3-12(15)4-6-14/h3-6,13,16H,2,7-11H2,1H3. The molecule has 112 valence electrons. The Kier molecular flexibility index (Phi) is 5.60. The number of nitrogens with zero attached hydrogens (tertiary/aromatic N) is 1. The molecule has 1 unspecified atom stereocenters. The second-order valence-electron chi connectivity index (χ2n) is 5.05. The molecule has 1 saturated heterocycles. The molecule has 20 heavy (non-hydrogen) atoms. The Morgan fingerprint density at radius 1 is 1.35 bits per heavy atom. The van der Waals surface area contributed by atoms with Crippen LogP contribution < -0.4 is 5.32 Å². The van der Waals surface area contributed by atoms with E-state index in [1.807, 2.05) is 0 Å². The van der Waals surface area contributed by atoms with Gasteiger partial charge in [0.05, 0.1) is 10.6 Å². The number of rotatable bonds is 6. The number of likely N-dealkylation sites (N-methyl/N-ethyl adjacent to an activating group) is 1. The molecule has 1 aliphatic heterocycles. The minimum atomic E-state index is -3.19. The average molecular weight is 361 g/mol. The molecule has 1 heterocycles. The molecule has 1 aliphatic rings. The summed E-state index contributed by atoms with van der Waals surface area (Å²) in [4.78, 5) is 2.66. The van der Waals surface area contributed by atoms with Gasteiger partial charge < -0.3 is 5.32 Å². The highest BCUT2D eigenvalue weighted by Gasteiger charge is 2.23. The first-order valence-corrected chi connectivity index (χ1v) is 9.40. The van der Waals surface area contributed by atoms with Crippen molar-refractivity contribution in [2.24, 2.45) is 0 Å². The largest absolute Gasteiger partial charge is 0.315 e. The van der Waals surface area contributed by atoms with Crippen molar-refractivity contribution in [3.8, 4) is 0 Å². The zero-order valence-electron chi connectivity index (χ0n) is 11.7. The first-order chi connectivity index (χ1) is 9.53. The smallest absolute Gasteiger partial charge is 0.179 e. The highest BCUT2D eigenvalue weighted by Crippen LogP contribution is 2.17. The van der Waals surface area contributed by atoms with Gasteiger partial charge in [-0.3, -0.25) is 4.90 Å². The molecular weight excluding hydrogens is 340 g/mol. The number of hydrogen-bond acceptors (Lipinski definition) is 4. The van der Waals surface area contributed by atoms with Crippen LogP contribution >= 0.6 is 15.9 Å². The van der Waals surface area contributed by atoms with Crippen molar-refractivity contribution in [1.29, 1.82) is 0 Å². The molecule has 0 aliphatic carbocycles. The van der Waals surface area contributed by atoms with E-state index < -0.39 is 9.84 Å². The Bertz CT molecular complexity index is 525. The van der Waals surface area contributed by atoms with Crippen molar-refractivity contribution in [3.63, 3.8) is 0 Å². The van der Waals surface area contributed by atoms with Gasteiger partial charge in [-0.15, -0.1) is 0 Å². The summed E-state index contributed by atoms with van der Waals surface area (Å²) in [6.45, 7) is 5.57. The number of halogens is 1. The Morgan fingerprint density at radius 3 is 2.60 bits per heavy atom. The van der Waals surface area contributed by atoms with E-state index >= 15 is 0 Å². The maximum Gasteiger partial charge on any atom is 0.179 e. The molecule has 2 rings (SSSR count). The molecule has 0 amide bonds. The molecule has 1 aromatic carbocycles. The van der Waals surface area contributed by atoms with E-state index in [-0.39, 0.29) is 5.75 Å². The third kappa shape index (κ3) is 4.04. The molecule has 0 bridgehead atoms. The SMILES string of the molecule is CCN(CCS(=O)(=O)c1ccc(Br)cc1)C1CCNC1. The van der Waals surface area contributed by atoms with Crippen LogP contribution in [0.4, 0.5) is 0 Å². The summed E-state index contributed by atoms with van der Waals surface area (Å²) in [7, 11) is -3.19. The van der Waals surface area contributed by atoms with Crippen LogP contribution in [0.5, 0.6) is 0 Å². The maximum absolute atomic E-state index is 12.3. The van der Waals surface area contributed by atoms with Gasteiger partial charge in [0.2, 0.25) is 0 Å². The number of sulfone groups is 1. The first-order valence-electron chi connectivity index (χ1n) is 6.96. The third-order valence-corrected chi connectivity index (χ3v) is 6.02. The van der Waals surface area contributed by atoms with E-state index in [1.54, 1.807) is 24.3 Å². The highest BCUT2D eigenvalue weighted by molar-refractivity contribution is 9.10. The molecule has 1 atom stereocenters. The Hall–Kier alpha value is -0.430. The topological polar surface area (TPSA) is 49.4 Å². The van der Waals surface area contributed by atoms with Crippen molar-refractivity contribution in [1.82, 2.24) is 10.2 Å².